The highest BCUT2D eigenvalue weighted by Gasteiger charge is 2.10. The second-order valence-electron chi connectivity index (χ2n) is 4.12. The number of carbonyl (C=O) groups excluding carboxylic acids is 2. The van der Waals surface area contributed by atoms with Crippen molar-refractivity contribution in [3.63, 3.8) is 0 Å². The number of hydrogen-bond donors (Lipinski definition) is 1. The summed E-state index contributed by atoms with van der Waals surface area (Å²) >= 11 is 0. The number of anilines is 1. The van der Waals surface area contributed by atoms with Crippen LogP contribution in [-0.2, 0) is 4.79 Å². The second-order valence-corrected chi connectivity index (χ2v) is 4.12. The molecule has 2 aromatic rings. The third-order valence-electron chi connectivity index (χ3n) is 2.59. The summed E-state index contributed by atoms with van der Waals surface area (Å²) in [7, 11) is 0. The molecule has 0 aliphatic heterocycles. The van der Waals surface area contributed by atoms with Crippen LogP contribution < -0.4 is 15.2 Å². The Hall–Kier alpha value is -2.89. The molecule has 21 heavy (non-hydrogen) atoms. The molecule has 5 nitrogen and oxygen atoms in total. The van der Waals surface area contributed by atoms with Crippen LogP contribution in [0, 0.1) is 5.82 Å². The van der Waals surface area contributed by atoms with Crippen molar-refractivity contribution in [1.29, 1.82) is 0 Å². The van der Waals surface area contributed by atoms with Crippen LogP contribution in [-0.4, -0.2) is 18.5 Å². The van der Waals surface area contributed by atoms with E-state index in [4.69, 9.17) is 4.74 Å². The van der Waals surface area contributed by atoms with E-state index in [1.807, 2.05) is 0 Å². The summed E-state index contributed by atoms with van der Waals surface area (Å²) in [4.78, 5) is 22.1. The van der Waals surface area contributed by atoms with Crippen LogP contribution in [0.4, 0.5) is 10.1 Å². The van der Waals surface area contributed by atoms with Gasteiger partial charge >= 0.3 is 0 Å². The lowest BCUT2D eigenvalue weighted by Crippen LogP contribution is -2.28. The minimum Gasteiger partial charge on any atom is -0.546 e. The highest BCUT2D eigenvalue weighted by Crippen LogP contribution is 2.17. The molecule has 1 amide bonds. The first-order valence-corrected chi connectivity index (χ1v) is 6.05. The normalized spacial score (nSPS) is 9.95. The second kappa shape index (κ2) is 6.51. The van der Waals surface area contributed by atoms with Gasteiger partial charge in [-0.1, -0.05) is 12.1 Å². The fraction of sp³-hybridized carbons (Fsp3) is 0.0667. The molecule has 0 unspecified atom stereocenters. The number of ether oxygens (including phenoxy) is 1. The van der Waals surface area contributed by atoms with E-state index in [2.05, 4.69) is 5.32 Å². The monoisotopic (exact) mass is 288 g/mol. The number of carbonyl (C=O) groups is 2. The highest BCUT2D eigenvalue weighted by atomic mass is 19.1. The highest BCUT2D eigenvalue weighted by molar-refractivity contribution is 6.04. The number of amides is 1. The Labute approximate surface area is 120 Å². The molecule has 0 aromatic heterocycles. The predicted octanol–water partition coefficient (Wildman–Crippen LogP) is 1.21. The average Bonchev–Trinajstić information content (AvgIpc) is 2.47. The maximum Gasteiger partial charge on any atom is 0.258 e. The van der Waals surface area contributed by atoms with Crippen molar-refractivity contribution in [2.24, 2.45) is 0 Å². The predicted molar refractivity (Wildman–Crippen MR) is 71.3 cm³/mol. The summed E-state index contributed by atoms with van der Waals surface area (Å²) in [5.41, 5.74) is 0.374. The molecule has 0 aliphatic rings. The molecular formula is C15H11FNO4-. The Balaban J connectivity index is 2.02. The molecule has 0 bridgehead atoms. The minimum atomic E-state index is -1.33. The zero-order chi connectivity index (χ0) is 15.2. The maximum atomic E-state index is 13.4. The number of halogens is 1. The fourth-order valence-corrected chi connectivity index (χ4v) is 1.62. The SMILES string of the molecule is O=C([O-])COc1ccc(NC(=O)c2ccccc2F)cc1. The molecule has 0 saturated heterocycles. The smallest absolute Gasteiger partial charge is 0.258 e. The van der Waals surface area contributed by atoms with Crippen molar-refractivity contribution in [3.05, 3.63) is 59.9 Å². The van der Waals surface area contributed by atoms with Crippen molar-refractivity contribution < 1.29 is 23.8 Å². The number of aliphatic carboxylic acids is 1. The van der Waals surface area contributed by atoms with Gasteiger partial charge in [-0.3, -0.25) is 4.79 Å². The van der Waals surface area contributed by atoms with Gasteiger partial charge in [0.2, 0.25) is 0 Å². The number of benzene rings is 2. The average molecular weight is 288 g/mol. The van der Waals surface area contributed by atoms with Gasteiger partial charge in [0.15, 0.2) is 0 Å². The Kier molecular flexibility index (Phi) is 4.50. The molecule has 108 valence electrons. The zero-order valence-corrected chi connectivity index (χ0v) is 10.8. The molecule has 0 atom stereocenters. The molecule has 2 rings (SSSR count). The molecule has 0 heterocycles. The summed E-state index contributed by atoms with van der Waals surface area (Å²) in [5.74, 6) is -2.18. The van der Waals surface area contributed by atoms with Crippen molar-refractivity contribution >= 4 is 17.6 Å². The van der Waals surface area contributed by atoms with E-state index in [9.17, 15) is 19.1 Å². The van der Waals surface area contributed by atoms with Gasteiger partial charge in [-0.05, 0) is 36.4 Å². The van der Waals surface area contributed by atoms with Crippen LogP contribution >= 0.6 is 0 Å². The van der Waals surface area contributed by atoms with Crippen LogP contribution in [0.15, 0.2) is 48.5 Å². The lowest BCUT2D eigenvalue weighted by molar-refractivity contribution is -0.307. The Bertz CT molecular complexity index is 655. The molecule has 2 aromatic carbocycles. The quantitative estimate of drug-likeness (QED) is 0.897. The number of hydrogen-bond acceptors (Lipinski definition) is 4. The lowest BCUT2D eigenvalue weighted by atomic mass is 10.2. The number of rotatable bonds is 5. The van der Waals surface area contributed by atoms with E-state index in [-0.39, 0.29) is 5.56 Å². The summed E-state index contributed by atoms with van der Waals surface area (Å²) < 4.78 is 18.3. The van der Waals surface area contributed by atoms with E-state index >= 15 is 0 Å². The van der Waals surface area contributed by atoms with E-state index in [1.54, 1.807) is 6.07 Å². The Morgan fingerprint density at radius 3 is 2.38 bits per heavy atom. The largest absolute Gasteiger partial charge is 0.546 e. The number of nitrogens with one attached hydrogen (secondary N) is 1. The Morgan fingerprint density at radius 1 is 1.10 bits per heavy atom. The van der Waals surface area contributed by atoms with Crippen molar-refractivity contribution in [2.45, 2.75) is 0 Å². The van der Waals surface area contributed by atoms with Gasteiger partial charge in [0, 0.05) is 5.69 Å². The van der Waals surface area contributed by atoms with Gasteiger partial charge in [0.1, 0.15) is 18.2 Å². The molecule has 1 N–H and O–H groups in total. The molecule has 0 aliphatic carbocycles. The molecule has 6 heteroatoms. The number of carboxylic acid groups (broad SMARTS) is 1. The van der Waals surface area contributed by atoms with Crippen molar-refractivity contribution in [3.8, 4) is 5.75 Å². The molecular weight excluding hydrogens is 277 g/mol. The van der Waals surface area contributed by atoms with Gasteiger partial charge in [0.25, 0.3) is 5.91 Å². The third kappa shape index (κ3) is 4.04. The van der Waals surface area contributed by atoms with Gasteiger partial charge in [0.05, 0.1) is 11.5 Å². The fourth-order valence-electron chi connectivity index (χ4n) is 1.62. The first-order valence-electron chi connectivity index (χ1n) is 6.05. The third-order valence-corrected chi connectivity index (χ3v) is 2.59. The summed E-state index contributed by atoms with van der Waals surface area (Å²) in [6.07, 6.45) is 0. The molecule has 0 spiro atoms. The molecule has 0 fully saturated rings. The van der Waals surface area contributed by atoms with Gasteiger partial charge in [-0.2, -0.15) is 0 Å². The van der Waals surface area contributed by atoms with Crippen LogP contribution in [0.2, 0.25) is 0 Å². The van der Waals surface area contributed by atoms with Gasteiger partial charge in [-0.25, -0.2) is 4.39 Å². The zero-order valence-electron chi connectivity index (χ0n) is 10.8. The maximum absolute atomic E-state index is 13.4. The van der Waals surface area contributed by atoms with E-state index < -0.39 is 24.3 Å². The van der Waals surface area contributed by atoms with Gasteiger partial charge < -0.3 is 20.0 Å². The van der Waals surface area contributed by atoms with E-state index in [0.717, 1.165) is 0 Å². The van der Waals surface area contributed by atoms with Crippen LogP contribution in [0.5, 0.6) is 5.75 Å². The van der Waals surface area contributed by atoms with Crippen molar-refractivity contribution in [1.82, 2.24) is 0 Å². The van der Waals surface area contributed by atoms with E-state index in [0.29, 0.717) is 11.4 Å². The first-order chi connectivity index (χ1) is 10.1. The van der Waals surface area contributed by atoms with Crippen LogP contribution in [0.3, 0.4) is 0 Å². The lowest BCUT2D eigenvalue weighted by Gasteiger charge is -2.09. The first kappa shape index (κ1) is 14.5. The minimum absolute atomic E-state index is 0.0604. The molecule has 0 saturated carbocycles. The topological polar surface area (TPSA) is 78.5 Å². The van der Waals surface area contributed by atoms with Crippen molar-refractivity contribution in [2.75, 3.05) is 11.9 Å². The summed E-state index contributed by atoms with van der Waals surface area (Å²) in [6, 6.07) is 11.6. The Morgan fingerprint density at radius 2 is 1.76 bits per heavy atom. The van der Waals surface area contributed by atoms with Crippen LogP contribution in [0.1, 0.15) is 10.4 Å². The standard InChI is InChI=1S/C15H12FNO4/c16-13-4-2-1-3-12(13)15(20)17-10-5-7-11(8-6-10)21-9-14(18)19/h1-8H,9H2,(H,17,20)(H,18,19)/p-1. The molecule has 0 radical (unpaired) electrons. The summed E-state index contributed by atoms with van der Waals surface area (Å²) in [6.45, 7) is -0.555. The summed E-state index contributed by atoms with van der Waals surface area (Å²) in [5, 5.41) is 12.8. The van der Waals surface area contributed by atoms with Crippen LogP contribution in [0.25, 0.3) is 0 Å². The number of carboxylic acids is 1. The van der Waals surface area contributed by atoms with E-state index in [1.165, 1.54) is 42.5 Å². The van der Waals surface area contributed by atoms with Gasteiger partial charge in [-0.15, -0.1) is 0 Å².